The molecular formula is C17H18S. The molecule has 0 saturated carbocycles. The van der Waals surface area contributed by atoms with Gasteiger partial charge < -0.3 is 0 Å². The van der Waals surface area contributed by atoms with E-state index >= 15 is 0 Å². The summed E-state index contributed by atoms with van der Waals surface area (Å²) in [6.07, 6.45) is 0. The van der Waals surface area contributed by atoms with E-state index in [1.807, 2.05) is 18.7 Å². The lowest BCUT2D eigenvalue weighted by Gasteiger charge is -2.05. The summed E-state index contributed by atoms with van der Waals surface area (Å²) in [5.41, 5.74) is 5.01. The number of hydrogen-bond donors (Lipinski definition) is 0. The van der Waals surface area contributed by atoms with Crippen molar-refractivity contribution in [3.63, 3.8) is 0 Å². The van der Waals surface area contributed by atoms with Crippen molar-refractivity contribution in [3.05, 3.63) is 71.8 Å². The molecule has 0 radical (unpaired) electrons. The monoisotopic (exact) mass is 254 g/mol. The zero-order chi connectivity index (χ0) is 13.0. The van der Waals surface area contributed by atoms with Crippen LogP contribution < -0.4 is 0 Å². The van der Waals surface area contributed by atoms with E-state index in [4.69, 9.17) is 0 Å². The molecule has 0 aromatic heterocycles. The molecule has 0 bridgehead atoms. The van der Waals surface area contributed by atoms with Crippen LogP contribution in [0, 0.1) is 6.92 Å². The average Bonchev–Trinajstić information content (AvgIpc) is 2.38. The van der Waals surface area contributed by atoms with Crippen molar-refractivity contribution < 1.29 is 0 Å². The summed E-state index contributed by atoms with van der Waals surface area (Å²) in [5.74, 6) is 1.00. The van der Waals surface area contributed by atoms with Gasteiger partial charge in [-0.2, -0.15) is 0 Å². The van der Waals surface area contributed by atoms with Crippen LogP contribution in [0.3, 0.4) is 0 Å². The van der Waals surface area contributed by atoms with Gasteiger partial charge in [-0.05, 0) is 37.1 Å². The van der Waals surface area contributed by atoms with Gasteiger partial charge in [0.25, 0.3) is 0 Å². The van der Waals surface area contributed by atoms with E-state index in [0.717, 1.165) is 11.3 Å². The number of hydrogen-bond acceptors (Lipinski definition) is 1. The third kappa shape index (κ3) is 3.51. The second-order valence-corrected chi connectivity index (χ2v) is 5.63. The van der Waals surface area contributed by atoms with Gasteiger partial charge >= 0.3 is 0 Å². The van der Waals surface area contributed by atoms with Crippen LogP contribution in [0.1, 0.15) is 23.6 Å². The molecule has 0 aliphatic carbocycles. The smallest absolute Gasteiger partial charge is 0.0232 e. The molecule has 0 N–H and O–H groups in total. The highest BCUT2D eigenvalue weighted by molar-refractivity contribution is 7.98. The molecule has 0 aliphatic heterocycles. The van der Waals surface area contributed by atoms with Gasteiger partial charge in [0.1, 0.15) is 0 Å². The first-order valence-corrected chi connectivity index (χ1v) is 7.08. The molecule has 92 valence electrons. The predicted molar refractivity (Wildman–Crippen MR) is 81.9 cm³/mol. The summed E-state index contributed by atoms with van der Waals surface area (Å²) in [7, 11) is 0. The summed E-state index contributed by atoms with van der Waals surface area (Å²) in [6.45, 7) is 8.15. The number of allylic oxidation sites excluding steroid dienone is 1. The molecule has 0 spiro atoms. The Kier molecular flexibility index (Phi) is 4.27. The fraction of sp³-hybridized carbons (Fsp3) is 0.176. The van der Waals surface area contributed by atoms with Crippen LogP contribution in [-0.2, 0) is 5.75 Å². The van der Waals surface area contributed by atoms with Crippen LogP contribution in [0.2, 0.25) is 0 Å². The molecule has 2 aromatic rings. The lowest BCUT2D eigenvalue weighted by molar-refractivity contribution is 1.34. The van der Waals surface area contributed by atoms with Crippen molar-refractivity contribution in [2.75, 3.05) is 0 Å². The highest BCUT2D eigenvalue weighted by Gasteiger charge is 1.99. The third-order valence-corrected chi connectivity index (χ3v) is 3.93. The van der Waals surface area contributed by atoms with Gasteiger partial charge in [0.2, 0.25) is 0 Å². The van der Waals surface area contributed by atoms with Crippen molar-refractivity contribution in [2.24, 2.45) is 0 Å². The summed E-state index contributed by atoms with van der Waals surface area (Å²) in [6, 6.07) is 17.3. The Morgan fingerprint density at radius 3 is 2.50 bits per heavy atom. The first-order valence-electron chi connectivity index (χ1n) is 6.09. The van der Waals surface area contributed by atoms with Gasteiger partial charge in [-0.15, -0.1) is 11.8 Å². The van der Waals surface area contributed by atoms with Gasteiger partial charge in [-0.3, -0.25) is 0 Å². The van der Waals surface area contributed by atoms with Gasteiger partial charge in [-0.25, -0.2) is 0 Å². The zero-order valence-electron chi connectivity index (χ0n) is 10.9. The number of rotatable bonds is 4. The van der Waals surface area contributed by atoms with Crippen molar-refractivity contribution in [1.29, 1.82) is 0 Å². The summed E-state index contributed by atoms with van der Waals surface area (Å²) < 4.78 is 0. The van der Waals surface area contributed by atoms with Crippen molar-refractivity contribution >= 4 is 17.3 Å². The van der Waals surface area contributed by atoms with E-state index < -0.39 is 0 Å². The Morgan fingerprint density at radius 1 is 1.11 bits per heavy atom. The van der Waals surface area contributed by atoms with Gasteiger partial charge in [0.05, 0.1) is 0 Å². The van der Waals surface area contributed by atoms with E-state index in [2.05, 4.69) is 62.0 Å². The lowest BCUT2D eigenvalue weighted by atomic mass is 10.1. The number of aryl methyl sites for hydroxylation is 1. The van der Waals surface area contributed by atoms with Gasteiger partial charge in [0, 0.05) is 10.6 Å². The normalized spacial score (nSPS) is 10.3. The largest absolute Gasteiger partial charge is 0.121 e. The van der Waals surface area contributed by atoms with Crippen LogP contribution >= 0.6 is 11.8 Å². The zero-order valence-corrected chi connectivity index (χ0v) is 11.8. The molecule has 0 saturated heterocycles. The molecule has 0 nitrogen and oxygen atoms in total. The minimum absolute atomic E-state index is 1.00. The maximum Gasteiger partial charge on any atom is 0.0232 e. The quantitative estimate of drug-likeness (QED) is 0.665. The molecule has 0 atom stereocenters. The van der Waals surface area contributed by atoms with Crippen LogP contribution in [0.15, 0.2) is 60.0 Å². The van der Waals surface area contributed by atoms with Crippen LogP contribution in [-0.4, -0.2) is 0 Å². The molecule has 0 aliphatic rings. The Balaban J connectivity index is 2.04. The summed E-state index contributed by atoms with van der Waals surface area (Å²) >= 11 is 1.87. The Hall–Kier alpha value is -1.47. The first-order chi connectivity index (χ1) is 8.65. The lowest BCUT2D eigenvalue weighted by Crippen LogP contribution is -1.84. The van der Waals surface area contributed by atoms with Crippen LogP contribution in [0.4, 0.5) is 0 Å². The average molecular weight is 254 g/mol. The molecule has 0 unspecified atom stereocenters. The van der Waals surface area contributed by atoms with E-state index in [1.54, 1.807) is 0 Å². The first kappa shape index (κ1) is 13.0. The Labute approximate surface area is 114 Å². The van der Waals surface area contributed by atoms with Gasteiger partial charge in [0.15, 0.2) is 0 Å². The molecule has 18 heavy (non-hydrogen) atoms. The van der Waals surface area contributed by atoms with Crippen LogP contribution in [0.25, 0.3) is 5.57 Å². The molecular weight excluding hydrogens is 236 g/mol. The topological polar surface area (TPSA) is 0 Å². The second kappa shape index (κ2) is 5.92. The van der Waals surface area contributed by atoms with E-state index in [0.29, 0.717) is 0 Å². The molecule has 0 fully saturated rings. The number of benzene rings is 2. The van der Waals surface area contributed by atoms with Crippen molar-refractivity contribution in [1.82, 2.24) is 0 Å². The SMILES string of the molecule is C=C(C)c1cccc(CSc2ccc(C)cc2)c1. The highest BCUT2D eigenvalue weighted by Crippen LogP contribution is 2.24. The summed E-state index contributed by atoms with van der Waals surface area (Å²) in [5, 5.41) is 0. The standard InChI is InChI=1S/C17H18S/c1-13(2)16-6-4-5-15(11-16)12-18-17-9-7-14(3)8-10-17/h4-11H,1,12H2,2-3H3. The predicted octanol–water partition coefficient (Wildman–Crippen LogP) is 5.32. The minimum Gasteiger partial charge on any atom is -0.121 e. The van der Waals surface area contributed by atoms with Crippen LogP contribution in [0.5, 0.6) is 0 Å². The molecule has 2 aromatic carbocycles. The van der Waals surface area contributed by atoms with Crippen molar-refractivity contribution in [2.45, 2.75) is 24.5 Å². The molecule has 2 rings (SSSR count). The third-order valence-electron chi connectivity index (χ3n) is 2.85. The van der Waals surface area contributed by atoms with E-state index in [-0.39, 0.29) is 0 Å². The van der Waals surface area contributed by atoms with Gasteiger partial charge in [-0.1, -0.05) is 54.1 Å². The minimum atomic E-state index is 1.00. The fourth-order valence-corrected chi connectivity index (χ4v) is 2.57. The second-order valence-electron chi connectivity index (χ2n) is 4.58. The van der Waals surface area contributed by atoms with E-state index in [9.17, 15) is 0 Å². The fourth-order valence-electron chi connectivity index (χ4n) is 1.73. The Morgan fingerprint density at radius 2 is 1.83 bits per heavy atom. The maximum absolute atomic E-state index is 3.99. The molecule has 1 heteroatoms. The number of thioether (sulfide) groups is 1. The summed E-state index contributed by atoms with van der Waals surface area (Å²) in [4.78, 5) is 1.32. The van der Waals surface area contributed by atoms with E-state index in [1.165, 1.54) is 21.6 Å². The maximum atomic E-state index is 3.99. The molecule has 0 heterocycles. The highest BCUT2D eigenvalue weighted by atomic mass is 32.2. The Bertz CT molecular complexity index is 538. The molecule has 0 amide bonds. The van der Waals surface area contributed by atoms with Crippen molar-refractivity contribution in [3.8, 4) is 0 Å².